The SMILES string of the molecule is Brc1ccc(OC2CNC2)c(-c2ccccc2)c1. The summed E-state index contributed by atoms with van der Waals surface area (Å²) < 4.78 is 7.08. The zero-order valence-electron chi connectivity index (χ0n) is 9.90. The largest absolute Gasteiger partial charge is 0.487 e. The summed E-state index contributed by atoms with van der Waals surface area (Å²) in [5.74, 6) is 0.955. The van der Waals surface area contributed by atoms with Crippen LogP contribution in [0.1, 0.15) is 0 Å². The minimum absolute atomic E-state index is 0.300. The Morgan fingerprint density at radius 2 is 1.83 bits per heavy atom. The van der Waals surface area contributed by atoms with Gasteiger partial charge in [-0.2, -0.15) is 0 Å². The standard InChI is InChI=1S/C15H14BrNO/c16-12-6-7-15(18-13-9-17-10-13)14(8-12)11-4-2-1-3-5-11/h1-8,13,17H,9-10H2. The molecule has 0 aromatic heterocycles. The van der Waals surface area contributed by atoms with Crippen LogP contribution in [0.3, 0.4) is 0 Å². The minimum Gasteiger partial charge on any atom is -0.487 e. The molecule has 1 heterocycles. The lowest BCUT2D eigenvalue weighted by atomic mass is 10.0. The second-order valence-electron chi connectivity index (χ2n) is 4.40. The average molecular weight is 304 g/mol. The molecule has 0 aliphatic carbocycles. The van der Waals surface area contributed by atoms with Crippen molar-refractivity contribution in [3.8, 4) is 16.9 Å². The highest BCUT2D eigenvalue weighted by molar-refractivity contribution is 9.10. The first-order chi connectivity index (χ1) is 8.83. The monoisotopic (exact) mass is 303 g/mol. The van der Waals surface area contributed by atoms with E-state index in [9.17, 15) is 0 Å². The maximum absolute atomic E-state index is 6.01. The van der Waals surface area contributed by atoms with Crippen LogP contribution < -0.4 is 10.1 Å². The first-order valence-electron chi connectivity index (χ1n) is 6.05. The Bertz CT molecular complexity index is 537. The molecule has 2 nitrogen and oxygen atoms in total. The first-order valence-corrected chi connectivity index (χ1v) is 6.84. The van der Waals surface area contributed by atoms with Crippen molar-refractivity contribution >= 4 is 15.9 Å². The maximum Gasteiger partial charge on any atom is 0.127 e. The van der Waals surface area contributed by atoms with E-state index >= 15 is 0 Å². The first kappa shape index (κ1) is 11.8. The topological polar surface area (TPSA) is 21.3 Å². The molecule has 0 unspecified atom stereocenters. The van der Waals surface area contributed by atoms with Gasteiger partial charge in [0.25, 0.3) is 0 Å². The van der Waals surface area contributed by atoms with Crippen molar-refractivity contribution in [2.75, 3.05) is 13.1 Å². The second kappa shape index (κ2) is 5.12. The number of ether oxygens (including phenoxy) is 1. The van der Waals surface area contributed by atoms with Crippen LogP contribution in [-0.4, -0.2) is 19.2 Å². The molecule has 0 atom stereocenters. The van der Waals surface area contributed by atoms with Crippen LogP contribution in [0.5, 0.6) is 5.75 Å². The molecule has 1 aliphatic heterocycles. The molecule has 1 aliphatic rings. The quantitative estimate of drug-likeness (QED) is 0.937. The molecule has 2 aromatic carbocycles. The van der Waals surface area contributed by atoms with Gasteiger partial charge in [-0.1, -0.05) is 46.3 Å². The average Bonchev–Trinajstić information content (AvgIpc) is 2.36. The molecular weight excluding hydrogens is 290 g/mol. The van der Waals surface area contributed by atoms with E-state index in [2.05, 4.69) is 39.4 Å². The van der Waals surface area contributed by atoms with Crippen molar-refractivity contribution in [3.05, 3.63) is 53.0 Å². The summed E-state index contributed by atoms with van der Waals surface area (Å²) in [4.78, 5) is 0. The van der Waals surface area contributed by atoms with E-state index in [1.807, 2.05) is 30.3 Å². The molecule has 3 heteroatoms. The van der Waals surface area contributed by atoms with Gasteiger partial charge in [-0.05, 0) is 23.8 Å². The van der Waals surface area contributed by atoms with E-state index in [-0.39, 0.29) is 0 Å². The van der Waals surface area contributed by atoms with Gasteiger partial charge in [0.15, 0.2) is 0 Å². The van der Waals surface area contributed by atoms with E-state index in [1.54, 1.807) is 0 Å². The molecule has 2 aromatic rings. The second-order valence-corrected chi connectivity index (χ2v) is 5.32. The molecule has 92 valence electrons. The predicted octanol–water partition coefficient (Wildman–Crippen LogP) is 3.47. The zero-order valence-corrected chi connectivity index (χ0v) is 11.5. The molecule has 0 saturated carbocycles. The Hall–Kier alpha value is -1.32. The fourth-order valence-corrected chi connectivity index (χ4v) is 2.33. The third-order valence-corrected chi connectivity index (χ3v) is 3.56. The van der Waals surface area contributed by atoms with Crippen LogP contribution in [0, 0.1) is 0 Å². The van der Waals surface area contributed by atoms with Crippen molar-refractivity contribution in [2.45, 2.75) is 6.10 Å². The van der Waals surface area contributed by atoms with Crippen LogP contribution in [0.4, 0.5) is 0 Å². The Morgan fingerprint density at radius 3 is 2.50 bits per heavy atom. The van der Waals surface area contributed by atoms with Gasteiger partial charge < -0.3 is 10.1 Å². The lowest BCUT2D eigenvalue weighted by Crippen LogP contribution is -2.50. The van der Waals surface area contributed by atoms with Crippen LogP contribution in [0.2, 0.25) is 0 Å². The van der Waals surface area contributed by atoms with E-state index in [4.69, 9.17) is 4.74 Å². The summed E-state index contributed by atoms with van der Waals surface area (Å²) in [6.45, 7) is 1.87. The van der Waals surface area contributed by atoms with E-state index in [0.29, 0.717) is 6.10 Å². The molecule has 1 N–H and O–H groups in total. The highest BCUT2D eigenvalue weighted by Crippen LogP contribution is 2.33. The molecule has 3 rings (SSSR count). The number of halogens is 1. The van der Waals surface area contributed by atoms with Gasteiger partial charge in [0.05, 0.1) is 0 Å². The Morgan fingerprint density at radius 1 is 1.06 bits per heavy atom. The van der Waals surface area contributed by atoms with Gasteiger partial charge in [-0.15, -0.1) is 0 Å². The molecule has 0 bridgehead atoms. The minimum atomic E-state index is 0.300. The molecule has 0 spiro atoms. The van der Waals surface area contributed by atoms with Gasteiger partial charge in [0.2, 0.25) is 0 Å². The third-order valence-electron chi connectivity index (χ3n) is 3.06. The van der Waals surface area contributed by atoms with E-state index in [0.717, 1.165) is 28.9 Å². The number of nitrogens with one attached hydrogen (secondary N) is 1. The molecule has 18 heavy (non-hydrogen) atoms. The third kappa shape index (κ3) is 2.42. The van der Waals surface area contributed by atoms with Gasteiger partial charge in [0.1, 0.15) is 11.9 Å². The van der Waals surface area contributed by atoms with Gasteiger partial charge in [0, 0.05) is 23.1 Å². The van der Waals surface area contributed by atoms with Crippen LogP contribution in [-0.2, 0) is 0 Å². The summed E-state index contributed by atoms with van der Waals surface area (Å²) in [5, 5.41) is 3.22. The summed E-state index contributed by atoms with van der Waals surface area (Å²) in [5.41, 5.74) is 2.32. The van der Waals surface area contributed by atoms with Crippen molar-refractivity contribution < 1.29 is 4.74 Å². The Kier molecular flexibility index (Phi) is 3.35. The van der Waals surface area contributed by atoms with Gasteiger partial charge in [-0.3, -0.25) is 0 Å². The van der Waals surface area contributed by atoms with Crippen molar-refractivity contribution in [1.29, 1.82) is 0 Å². The lowest BCUT2D eigenvalue weighted by molar-refractivity contribution is 0.143. The summed E-state index contributed by atoms with van der Waals surface area (Å²) in [6.07, 6.45) is 0.300. The maximum atomic E-state index is 6.01. The zero-order chi connectivity index (χ0) is 12.4. The number of hydrogen-bond acceptors (Lipinski definition) is 2. The number of hydrogen-bond donors (Lipinski definition) is 1. The van der Waals surface area contributed by atoms with Gasteiger partial charge in [-0.25, -0.2) is 0 Å². The number of rotatable bonds is 3. The molecule has 0 radical (unpaired) electrons. The summed E-state index contributed by atoms with van der Waals surface area (Å²) in [6, 6.07) is 16.5. The van der Waals surface area contributed by atoms with Crippen molar-refractivity contribution in [1.82, 2.24) is 5.32 Å². The van der Waals surface area contributed by atoms with E-state index < -0.39 is 0 Å². The highest BCUT2D eigenvalue weighted by atomic mass is 79.9. The number of benzene rings is 2. The Labute approximate surface area is 115 Å². The Balaban J connectivity index is 1.97. The van der Waals surface area contributed by atoms with Crippen LogP contribution >= 0.6 is 15.9 Å². The van der Waals surface area contributed by atoms with Gasteiger partial charge >= 0.3 is 0 Å². The fraction of sp³-hybridized carbons (Fsp3) is 0.200. The summed E-state index contributed by atoms with van der Waals surface area (Å²) in [7, 11) is 0. The van der Waals surface area contributed by atoms with Crippen LogP contribution in [0.25, 0.3) is 11.1 Å². The van der Waals surface area contributed by atoms with Crippen molar-refractivity contribution in [3.63, 3.8) is 0 Å². The van der Waals surface area contributed by atoms with E-state index in [1.165, 1.54) is 5.56 Å². The van der Waals surface area contributed by atoms with Crippen molar-refractivity contribution in [2.24, 2.45) is 0 Å². The molecule has 1 saturated heterocycles. The smallest absolute Gasteiger partial charge is 0.127 e. The fourth-order valence-electron chi connectivity index (χ4n) is 1.97. The highest BCUT2D eigenvalue weighted by Gasteiger charge is 2.20. The molecule has 1 fully saturated rings. The van der Waals surface area contributed by atoms with Crippen LogP contribution in [0.15, 0.2) is 53.0 Å². The molecular formula is C15H14BrNO. The normalized spacial score (nSPS) is 15.2. The molecule has 0 amide bonds. The lowest BCUT2D eigenvalue weighted by Gasteiger charge is -2.28. The summed E-state index contributed by atoms with van der Waals surface area (Å²) >= 11 is 3.52. The predicted molar refractivity (Wildman–Crippen MR) is 76.9 cm³/mol.